The molecule has 25 heavy (non-hydrogen) atoms. The van der Waals surface area contributed by atoms with Gasteiger partial charge in [0.2, 0.25) is 5.91 Å². The highest BCUT2D eigenvalue weighted by Gasteiger charge is 2.09. The summed E-state index contributed by atoms with van der Waals surface area (Å²) in [5, 5.41) is 4.87. The monoisotopic (exact) mass is 350 g/mol. The lowest BCUT2D eigenvalue weighted by Crippen LogP contribution is -2.23. The summed E-state index contributed by atoms with van der Waals surface area (Å²) in [6, 6.07) is 15.1. The predicted octanol–water partition coefficient (Wildman–Crippen LogP) is 4.09. The maximum atomic E-state index is 12.0. The number of rotatable bonds is 7. The molecule has 3 rings (SSSR count). The second-order valence-corrected chi connectivity index (χ2v) is 6.57. The molecule has 5 heteroatoms. The number of nitrogens with one attached hydrogen (secondary N) is 1. The summed E-state index contributed by atoms with van der Waals surface area (Å²) >= 11 is 1.65. The molecule has 1 aromatic carbocycles. The number of ketones is 1. The van der Waals surface area contributed by atoms with Gasteiger partial charge in [0.25, 0.3) is 0 Å². The summed E-state index contributed by atoms with van der Waals surface area (Å²) in [6.45, 7) is 0.407. The summed E-state index contributed by atoms with van der Waals surface area (Å²) in [7, 11) is 0. The van der Waals surface area contributed by atoms with Crippen LogP contribution in [0.2, 0.25) is 0 Å². The van der Waals surface area contributed by atoms with E-state index >= 15 is 0 Å². The van der Waals surface area contributed by atoms with Crippen LogP contribution in [-0.2, 0) is 11.3 Å². The van der Waals surface area contributed by atoms with Gasteiger partial charge in [0, 0.05) is 47.8 Å². The Morgan fingerprint density at radius 2 is 1.84 bits per heavy atom. The maximum Gasteiger partial charge on any atom is 0.220 e. The molecule has 126 valence electrons. The Labute approximate surface area is 150 Å². The third-order valence-corrected chi connectivity index (χ3v) is 4.68. The number of thiophene rings is 1. The van der Waals surface area contributed by atoms with E-state index in [1.165, 1.54) is 0 Å². The normalized spacial score (nSPS) is 10.4. The summed E-state index contributed by atoms with van der Waals surface area (Å²) < 4.78 is 0. The van der Waals surface area contributed by atoms with Gasteiger partial charge in [0.05, 0.1) is 0 Å². The molecule has 1 amide bonds. The number of hydrogen-bond donors (Lipinski definition) is 1. The highest BCUT2D eigenvalue weighted by Crippen LogP contribution is 2.24. The van der Waals surface area contributed by atoms with Crippen molar-refractivity contribution < 1.29 is 9.59 Å². The molecule has 0 aliphatic carbocycles. The average Bonchev–Trinajstić information content (AvgIpc) is 3.20. The third kappa shape index (κ3) is 4.84. The fraction of sp³-hybridized carbons (Fsp3) is 0.150. The number of Topliss-reactive ketones (excluding diaryl/α,β-unsaturated/α-hetero) is 1. The fourth-order valence-corrected chi connectivity index (χ4v) is 3.15. The number of hydrogen-bond acceptors (Lipinski definition) is 4. The van der Waals surface area contributed by atoms with E-state index in [4.69, 9.17) is 0 Å². The van der Waals surface area contributed by atoms with E-state index in [0.717, 1.165) is 16.0 Å². The van der Waals surface area contributed by atoms with Crippen LogP contribution in [-0.4, -0.2) is 16.7 Å². The quantitative estimate of drug-likeness (QED) is 0.653. The van der Waals surface area contributed by atoms with Crippen molar-refractivity contribution in [3.05, 3.63) is 77.4 Å². The Balaban J connectivity index is 1.49. The SMILES string of the molecule is O=C(CCC(=O)c1ccccc1)NCc1cncc(-c2cccs2)c1. The molecule has 0 bridgehead atoms. The van der Waals surface area contributed by atoms with E-state index in [1.54, 1.807) is 29.7 Å². The summed E-state index contributed by atoms with van der Waals surface area (Å²) in [4.78, 5) is 29.4. The van der Waals surface area contributed by atoms with Gasteiger partial charge in [-0.05, 0) is 23.1 Å². The minimum atomic E-state index is -0.134. The predicted molar refractivity (Wildman–Crippen MR) is 99.4 cm³/mol. The molecule has 0 radical (unpaired) electrons. The molecule has 0 spiro atoms. The van der Waals surface area contributed by atoms with Crippen LogP contribution in [0.4, 0.5) is 0 Å². The Bertz CT molecular complexity index is 845. The van der Waals surface area contributed by atoms with Gasteiger partial charge in [-0.15, -0.1) is 11.3 Å². The first-order valence-corrected chi connectivity index (χ1v) is 8.93. The van der Waals surface area contributed by atoms with Crippen molar-refractivity contribution in [1.29, 1.82) is 0 Å². The first-order valence-electron chi connectivity index (χ1n) is 8.05. The average molecular weight is 350 g/mol. The van der Waals surface area contributed by atoms with E-state index in [1.807, 2.05) is 48.0 Å². The number of aromatic nitrogens is 1. The van der Waals surface area contributed by atoms with Gasteiger partial charge in [-0.2, -0.15) is 0 Å². The zero-order chi connectivity index (χ0) is 17.5. The van der Waals surface area contributed by atoms with Crippen molar-refractivity contribution >= 4 is 23.0 Å². The molecule has 0 saturated carbocycles. The number of benzene rings is 1. The fourth-order valence-electron chi connectivity index (χ4n) is 2.45. The highest BCUT2D eigenvalue weighted by atomic mass is 32.1. The molecular weight excluding hydrogens is 332 g/mol. The lowest BCUT2D eigenvalue weighted by atomic mass is 10.1. The lowest BCUT2D eigenvalue weighted by Gasteiger charge is -2.06. The molecule has 2 heterocycles. The topological polar surface area (TPSA) is 59.1 Å². The molecular formula is C20H18N2O2S. The maximum absolute atomic E-state index is 12.0. The van der Waals surface area contributed by atoms with E-state index in [0.29, 0.717) is 12.1 Å². The van der Waals surface area contributed by atoms with Gasteiger partial charge in [0.1, 0.15) is 0 Å². The van der Waals surface area contributed by atoms with Crippen molar-refractivity contribution in [2.45, 2.75) is 19.4 Å². The highest BCUT2D eigenvalue weighted by molar-refractivity contribution is 7.13. The van der Waals surface area contributed by atoms with Crippen LogP contribution in [0, 0.1) is 0 Å². The number of pyridine rings is 1. The Kier molecular flexibility index (Phi) is 5.69. The van der Waals surface area contributed by atoms with Crippen molar-refractivity contribution in [3.63, 3.8) is 0 Å². The molecule has 0 aliphatic heterocycles. The summed E-state index contributed by atoms with van der Waals surface area (Å²) in [5.74, 6) is -0.150. The van der Waals surface area contributed by atoms with Crippen molar-refractivity contribution in [2.24, 2.45) is 0 Å². The smallest absolute Gasteiger partial charge is 0.220 e. The van der Waals surface area contributed by atoms with E-state index in [2.05, 4.69) is 10.3 Å². The van der Waals surface area contributed by atoms with Gasteiger partial charge in [0.15, 0.2) is 5.78 Å². The largest absolute Gasteiger partial charge is 0.352 e. The molecule has 3 aromatic rings. The first kappa shape index (κ1) is 17.0. The molecule has 0 saturated heterocycles. The number of nitrogens with zero attached hydrogens (tertiary/aromatic N) is 1. The van der Waals surface area contributed by atoms with Gasteiger partial charge in [-0.3, -0.25) is 14.6 Å². The molecule has 0 unspecified atom stereocenters. The summed E-state index contributed by atoms with van der Waals surface area (Å²) in [6.07, 6.45) is 3.96. The minimum Gasteiger partial charge on any atom is -0.352 e. The van der Waals surface area contributed by atoms with Crippen LogP contribution in [0.25, 0.3) is 10.4 Å². The number of carbonyl (C=O) groups is 2. The lowest BCUT2D eigenvalue weighted by molar-refractivity contribution is -0.121. The van der Waals surface area contributed by atoms with E-state index in [-0.39, 0.29) is 24.5 Å². The molecule has 2 aromatic heterocycles. The zero-order valence-electron chi connectivity index (χ0n) is 13.6. The molecule has 0 fully saturated rings. The van der Waals surface area contributed by atoms with Crippen LogP contribution in [0.5, 0.6) is 0 Å². The second-order valence-electron chi connectivity index (χ2n) is 5.63. The standard InChI is InChI=1S/C20H18N2O2S/c23-18(16-5-2-1-3-6-16)8-9-20(24)22-13-15-11-17(14-21-12-15)19-7-4-10-25-19/h1-7,10-12,14H,8-9,13H2,(H,22,24). The molecule has 1 N–H and O–H groups in total. The van der Waals surface area contributed by atoms with Crippen molar-refractivity contribution in [2.75, 3.05) is 0 Å². The number of carbonyl (C=O) groups excluding carboxylic acids is 2. The van der Waals surface area contributed by atoms with Gasteiger partial charge < -0.3 is 5.32 Å². The summed E-state index contributed by atoms with van der Waals surface area (Å²) in [5.41, 5.74) is 2.62. The molecule has 0 aliphatic rings. The third-order valence-electron chi connectivity index (χ3n) is 3.77. The second kappa shape index (κ2) is 8.35. The van der Waals surface area contributed by atoms with Crippen LogP contribution in [0.1, 0.15) is 28.8 Å². The van der Waals surface area contributed by atoms with Crippen molar-refractivity contribution in [3.8, 4) is 10.4 Å². The van der Waals surface area contributed by atoms with Crippen LogP contribution in [0.15, 0.2) is 66.3 Å². The Morgan fingerprint density at radius 1 is 1.00 bits per heavy atom. The molecule has 4 nitrogen and oxygen atoms in total. The van der Waals surface area contributed by atoms with E-state index < -0.39 is 0 Å². The van der Waals surface area contributed by atoms with Crippen molar-refractivity contribution in [1.82, 2.24) is 10.3 Å². The van der Waals surface area contributed by atoms with Gasteiger partial charge in [-0.25, -0.2) is 0 Å². The first-order chi connectivity index (χ1) is 12.2. The van der Waals surface area contributed by atoms with Gasteiger partial charge >= 0.3 is 0 Å². The Hall–Kier alpha value is -2.79. The Morgan fingerprint density at radius 3 is 2.60 bits per heavy atom. The van der Waals surface area contributed by atoms with Crippen LogP contribution < -0.4 is 5.32 Å². The number of amides is 1. The minimum absolute atomic E-state index is 0.0166. The van der Waals surface area contributed by atoms with Crippen LogP contribution in [0.3, 0.4) is 0 Å². The van der Waals surface area contributed by atoms with Gasteiger partial charge in [-0.1, -0.05) is 36.4 Å². The zero-order valence-corrected chi connectivity index (χ0v) is 14.5. The van der Waals surface area contributed by atoms with Crippen LogP contribution >= 0.6 is 11.3 Å². The van der Waals surface area contributed by atoms with E-state index in [9.17, 15) is 9.59 Å². The molecule has 0 atom stereocenters.